The average Bonchev–Trinajstić information content (AvgIpc) is 2.67. The zero-order valence-electron chi connectivity index (χ0n) is 14.7. The Morgan fingerprint density at radius 2 is 1.85 bits per heavy atom. The first-order chi connectivity index (χ1) is 12.6. The van der Waals surface area contributed by atoms with Crippen LogP contribution in [0.5, 0.6) is 0 Å². The molecule has 2 N–H and O–H groups in total. The van der Waals surface area contributed by atoms with Crippen LogP contribution in [0.2, 0.25) is 0 Å². The van der Waals surface area contributed by atoms with Gasteiger partial charge in [0.15, 0.2) is 0 Å². The molecule has 5 nitrogen and oxygen atoms in total. The first-order valence-electron chi connectivity index (χ1n) is 8.99. The van der Waals surface area contributed by atoms with Gasteiger partial charge in [0.2, 0.25) is 5.91 Å². The lowest BCUT2D eigenvalue weighted by Crippen LogP contribution is -2.48. The maximum Gasteiger partial charge on any atom is 0.335 e. The van der Waals surface area contributed by atoms with Gasteiger partial charge in [0, 0.05) is 25.7 Å². The van der Waals surface area contributed by atoms with E-state index in [-0.39, 0.29) is 11.9 Å². The van der Waals surface area contributed by atoms with Crippen molar-refractivity contribution >= 4 is 11.9 Å². The molecule has 26 heavy (non-hydrogen) atoms. The number of nitrogens with one attached hydrogen (secondary N) is 1. The summed E-state index contributed by atoms with van der Waals surface area (Å²) in [5.41, 5.74) is 2.28. The number of carbonyl (C=O) groups excluding carboxylic acids is 1. The van der Waals surface area contributed by atoms with Gasteiger partial charge in [-0.15, -0.1) is 0 Å². The van der Waals surface area contributed by atoms with E-state index in [1.54, 1.807) is 18.2 Å². The van der Waals surface area contributed by atoms with Crippen molar-refractivity contribution in [3.63, 3.8) is 0 Å². The Balaban J connectivity index is 1.53. The molecule has 3 rings (SSSR count). The van der Waals surface area contributed by atoms with E-state index in [0.29, 0.717) is 25.1 Å². The number of hydrogen-bond acceptors (Lipinski definition) is 3. The number of likely N-dealkylation sites (tertiary alicyclic amines) is 1. The summed E-state index contributed by atoms with van der Waals surface area (Å²) in [5, 5.41) is 12.5. The van der Waals surface area contributed by atoms with E-state index < -0.39 is 5.97 Å². The van der Waals surface area contributed by atoms with Gasteiger partial charge in [0.25, 0.3) is 0 Å². The molecule has 0 aromatic heterocycles. The number of nitrogens with zero attached hydrogens (tertiary/aromatic N) is 1. The predicted octanol–water partition coefficient (Wildman–Crippen LogP) is 2.71. The van der Waals surface area contributed by atoms with E-state index in [1.165, 1.54) is 0 Å². The third-order valence-electron chi connectivity index (χ3n) is 4.74. The number of amides is 1. The van der Waals surface area contributed by atoms with Crippen LogP contribution in [0, 0.1) is 0 Å². The van der Waals surface area contributed by atoms with Crippen molar-refractivity contribution in [2.75, 3.05) is 13.1 Å². The van der Waals surface area contributed by atoms with Gasteiger partial charge >= 0.3 is 5.97 Å². The standard InChI is InChI=1S/C21H24N2O3/c24-20(13-16-6-2-1-3-7-16)23-11-5-10-19(15-23)22-14-17-8-4-9-18(12-17)21(25)26/h1-4,6-9,12,19,22H,5,10-11,13-15H2,(H,25,26). The molecular weight excluding hydrogens is 328 g/mol. The number of rotatable bonds is 6. The van der Waals surface area contributed by atoms with Crippen molar-refractivity contribution < 1.29 is 14.7 Å². The zero-order chi connectivity index (χ0) is 18.4. The molecule has 5 heteroatoms. The number of benzene rings is 2. The molecule has 0 radical (unpaired) electrons. The third kappa shape index (κ3) is 4.92. The van der Waals surface area contributed by atoms with Crippen molar-refractivity contribution in [3.8, 4) is 0 Å². The Hall–Kier alpha value is -2.66. The van der Waals surface area contributed by atoms with Crippen LogP contribution >= 0.6 is 0 Å². The van der Waals surface area contributed by atoms with Crippen molar-refractivity contribution in [2.24, 2.45) is 0 Å². The highest BCUT2D eigenvalue weighted by molar-refractivity contribution is 5.87. The number of carboxylic acids is 1. The fourth-order valence-electron chi connectivity index (χ4n) is 3.33. The quantitative estimate of drug-likeness (QED) is 0.839. The lowest BCUT2D eigenvalue weighted by Gasteiger charge is -2.33. The van der Waals surface area contributed by atoms with Crippen LogP contribution < -0.4 is 5.32 Å². The van der Waals surface area contributed by atoms with Crippen molar-refractivity contribution in [3.05, 3.63) is 71.3 Å². The van der Waals surface area contributed by atoms with Gasteiger partial charge in [-0.3, -0.25) is 4.79 Å². The maximum absolute atomic E-state index is 12.5. The minimum atomic E-state index is -0.915. The molecule has 0 spiro atoms. The van der Waals surface area contributed by atoms with Gasteiger partial charge in [-0.05, 0) is 36.1 Å². The second kappa shape index (κ2) is 8.63. The zero-order valence-corrected chi connectivity index (χ0v) is 14.7. The number of hydrogen-bond donors (Lipinski definition) is 2. The summed E-state index contributed by atoms with van der Waals surface area (Å²) in [5.74, 6) is -0.752. The molecular formula is C21H24N2O3. The fourth-order valence-corrected chi connectivity index (χ4v) is 3.33. The molecule has 1 aliphatic heterocycles. The molecule has 1 heterocycles. The molecule has 1 fully saturated rings. The molecule has 0 aliphatic carbocycles. The Kier molecular flexibility index (Phi) is 6.02. The van der Waals surface area contributed by atoms with Gasteiger partial charge in [0.1, 0.15) is 0 Å². The second-order valence-corrected chi connectivity index (χ2v) is 6.73. The van der Waals surface area contributed by atoms with Gasteiger partial charge < -0.3 is 15.3 Å². The number of aromatic carboxylic acids is 1. The van der Waals surface area contributed by atoms with Crippen LogP contribution in [0.25, 0.3) is 0 Å². The minimum absolute atomic E-state index is 0.163. The van der Waals surface area contributed by atoms with Crippen LogP contribution in [0.15, 0.2) is 54.6 Å². The summed E-state index contributed by atoms with van der Waals surface area (Å²) >= 11 is 0. The molecule has 1 aliphatic rings. The SMILES string of the molecule is O=C(O)c1cccc(CNC2CCCN(C(=O)Cc3ccccc3)C2)c1. The minimum Gasteiger partial charge on any atom is -0.478 e. The second-order valence-electron chi connectivity index (χ2n) is 6.73. The maximum atomic E-state index is 12.5. The lowest BCUT2D eigenvalue weighted by atomic mass is 10.0. The van der Waals surface area contributed by atoms with Crippen LogP contribution in [0.4, 0.5) is 0 Å². The number of carbonyl (C=O) groups is 2. The van der Waals surface area contributed by atoms with Gasteiger partial charge in [-0.2, -0.15) is 0 Å². The Labute approximate surface area is 153 Å². The van der Waals surface area contributed by atoms with E-state index in [1.807, 2.05) is 41.3 Å². The molecule has 2 aromatic rings. The van der Waals surface area contributed by atoms with Crippen LogP contribution in [0.3, 0.4) is 0 Å². The molecule has 2 aromatic carbocycles. The molecule has 0 saturated carbocycles. The summed E-state index contributed by atoms with van der Waals surface area (Å²) < 4.78 is 0. The molecule has 1 unspecified atom stereocenters. The predicted molar refractivity (Wildman–Crippen MR) is 100.0 cm³/mol. The van der Waals surface area contributed by atoms with Crippen LogP contribution in [-0.2, 0) is 17.8 Å². The van der Waals surface area contributed by atoms with Crippen molar-refractivity contribution in [1.82, 2.24) is 10.2 Å². The summed E-state index contributed by atoms with van der Waals surface area (Å²) in [6, 6.07) is 17.0. The monoisotopic (exact) mass is 352 g/mol. The van der Waals surface area contributed by atoms with Crippen LogP contribution in [0.1, 0.15) is 34.3 Å². The van der Waals surface area contributed by atoms with E-state index in [0.717, 1.165) is 30.5 Å². The first-order valence-corrected chi connectivity index (χ1v) is 8.99. The van der Waals surface area contributed by atoms with Gasteiger partial charge in [0.05, 0.1) is 12.0 Å². The van der Waals surface area contributed by atoms with E-state index >= 15 is 0 Å². The summed E-state index contributed by atoms with van der Waals surface area (Å²) in [6.45, 7) is 2.11. The molecule has 1 saturated heterocycles. The topological polar surface area (TPSA) is 69.6 Å². The number of piperidine rings is 1. The smallest absolute Gasteiger partial charge is 0.335 e. The first kappa shape index (κ1) is 18.1. The van der Waals surface area contributed by atoms with Crippen molar-refractivity contribution in [2.45, 2.75) is 31.8 Å². The highest BCUT2D eigenvalue weighted by atomic mass is 16.4. The summed E-state index contributed by atoms with van der Waals surface area (Å²) in [7, 11) is 0. The Morgan fingerprint density at radius 3 is 2.62 bits per heavy atom. The normalized spacial score (nSPS) is 17.1. The Bertz CT molecular complexity index is 761. The number of carboxylic acid groups (broad SMARTS) is 1. The van der Waals surface area contributed by atoms with Gasteiger partial charge in [-0.25, -0.2) is 4.79 Å². The third-order valence-corrected chi connectivity index (χ3v) is 4.74. The summed E-state index contributed by atoms with van der Waals surface area (Å²) in [6.07, 6.45) is 2.44. The molecule has 0 bridgehead atoms. The molecule has 1 atom stereocenters. The van der Waals surface area contributed by atoms with E-state index in [2.05, 4.69) is 5.32 Å². The van der Waals surface area contributed by atoms with Gasteiger partial charge in [-0.1, -0.05) is 42.5 Å². The van der Waals surface area contributed by atoms with Crippen LogP contribution in [-0.4, -0.2) is 41.0 Å². The summed E-state index contributed by atoms with van der Waals surface area (Å²) in [4.78, 5) is 25.5. The Morgan fingerprint density at radius 1 is 1.08 bits per heavy atom. The highest BCUT2D eigenvalue weighted by Crippen LogP contribution is 2.14. The van der Waals surface area contributed by atoms with E-state index in [4.69, 9.17) is 5.11 Å². The molecule has 136 valence electrons. The molecule has 1 amide bonds. The highest BCUT2D eigenvalue weighted by Gasteiger charge is 2.23. The average molecular weight is 352 g/mol. The van der Waals surface area contributed by atoms with E-state index in [9.17, 15) is 9.59 Å². The fraction of sp³-hybridized carbons (Fsp3) is 0.333. The van der Waals surface area contributed by atoms with Crippen molar-refractivity contribution in [1.29, 1.82) is 0 Å². The largest absolute Gasteiger partial charge is 0.478 e. The lowest BCUT2D eigenvalue weighted by molar-refractivity contribution is -0.131.